The Labute approximate surface area is 59.4 Å². The zero-order valence-corrected chi connectivity index (χ0v) is 6.09. The first-order valence-corrected chi connectivity index (χ1v) is 3.33. The van der Waals surface area contributed by atoms with E-state index in [0.29, 0.717) is 0 Å². The summed E-state index contributed by atoms with van der Waals surface area (Å²) in [4.78, 5) is 21.5. The highest BCUT2D eigenvalue weighted by Crippen LogP contribution is 2.16. The Morgan fingerprint density at radius 2 is 2.00 bits per heavy atom. The Hall–Kier alpha value is -0.860. The number of ketones is 1. The lowest BCUT2D eigenvalue weighted by atomic mass is 9.96. The van der Waals surface area contributed by atoms with E-state index in [9.17, 15) is 9.59 Å². The summed E-state index contributed by atoms with van der Waals surface area (Å²) in [6.45, 7) is 3.51. The lowest BCUT2D eigenvalue weighted by Gasteiger charge is -2.23. The van der Waals surface area contributed by atoms with E-state index in [1.165, 1.54) is 0 Å². The Balaban J connectivity index is 2.66. The molecular weight excluding hydrogens is 132 g/mol. The highest BCUT2D eigenvalue weighted by atomic mass is 16.5. The summed E-state index contributed by atoms with van der Waals surface area (Å²) in [5.74, 6) is -0.531. The van der Waals surface area contributed by atoms with Crippen molar-refractivity contribution in [2.45, 2.75) is 26.4 Å². The van der Waals surface area contributed by atoms with Gasteiger partial charge in [0.2, 0.25) is 0 Å². The number of carbonyl (C=O) groups excluding carboxylic acids is 2. The summed E-state index contributed by atoms with van der Waals surface area (Å²) < 4.78 is 4.81. The van der Waals surface area contributed by atoms with Gasteiger partial charge in [-0.3, -0.25) is 9.59 Å². The topological polar surface area (TPSA) is 43.4 Å². The van der Waals surface area contributed by atoms with Gasteiger partial charge in [-0.2, -0.15) is 0 Å². The molecule has 1 aliphatic heterocycles. The quantitative estimate of drug-likeness (QED) is 0.366. The molecule has 0 saturated carbocycles. The molecule has 0 radical (unpaired) electrons. The summed E-state index contributed by atoms with van der Waals surface area (Å²) in [5.41, 5.74) is 0. The molecule has 1 heterocycles. The van der Waals surface area contributed by atoms with Crippen LogP contribution in [0.25, 0.3) is 0 Å². The van der Waals surface area contributed by atoms with E-state index in [-0.39, 0.29) is 24.2 Å². The zero-order valence-electron chi connectivity index (χ0n) is 6.09. The van der Waals surface area contributed by atoms with E-state index < -0.39 is 5.97 Å². The average Bonchev–Trinajstić information content (AvgIpc) is 1.82. The number of Topliss-reactive ketones (excluding diaryl/α,β-unsaturated/α-hetero) is 1. The third kappa shape index (κ3) is 1.17. The number of hydrogen-bond donors (Lipinski definition) is 0. The van der Waals surface area contributed by atoms with Crippen LogP contribution in [0.1, 0.15) is 20.3 Å². The van der Waals surface area contributed by atoms with Crippen molar-refractivity contribution in [3.05, 3.63) is 0 Å². The van der Waals surface area contributed by atoms with Gasteiger partial charge in [0.1, 0.15) is 18.3 Å². The number of cyclic esters (lactones) is 1. The van der Waals surface area contributed by atoms with Crippen molar-refractivity contribution < 1.29 is 14.3 Å². The number of esters is 1. The number of carbonyl (C=O) groups is 2. The maximum absolute atomic E-state index is 10.9. The van der Waals surface area contributed by atoms with E-state index in [0.717, 1.165) is 0 Å². The van der Waals surface area contributed by atoms with Gasteiger partial charge in [0.25, 0.3) is 0 Å². The molecule has 0 bridgehead atoms. The van der Waals surface area contributed by atoms with Gasteiger partial charge < -0.3 is 4.74 Å². The zero-order chi connectivity index (χ0) is 7.72. The van der Waals surface area contributed by atoms with Crippen molar-refractivity contribution in [2.75, 3.05) is 0 Å². The number of hydrogen-bond acceptors (Lipinski definition) is 3. The van der Waals surface area contributed by atoms with E-state index >= 15 is 0 Å². The summed E-state index contributed by atoms with van der Waals surface area (Å²) in [7, 11) is 0. The minimum absolute atomic E-state index is 0.0104. The molecule has 0 N–H and O–H groups in total. The van der Waals surface area contributed by atoms with Crippen LogP contribution in [0, 0.1) is 5.92 Å². The molecule has 0 aromatic heterocycles. The standard InChI is InChI=1S/C7H10O3/c1-4-5(2)10-7(9)3-6(4)8/h4-5H,3H2,1-2H3. The van der Waals surface area contributed by atoms with Crippen molar-refractivity contribution in [1.29, 1.82) is 0 Å². The van der Waals surface area contributed by atoms with Crippen LogP contribution in [0.5, 0.6) is 0 Å². The van der Waals surface area contributed by atoms with Crippen LogP contribution in [0.4, 0.5) is 0 Å². The largest absolute Gasteiger partial charge is 0.462 e. The lowest BCUT2D eigenvalue weighted by Crippen LogP contribution is -2.35. The lowest BCUT2D eigenvalue weighted by molar-refractivity contribution is -0.161. The summed E-state index contributed by atoms with van der Waals surface area (Å²) in [6, 6.07) is 0. The molecule has 0 spiro atoms. The molecule has 2 atom stereocenters. The van der Waals surface area contributed by atoms with E-state index in [1.54, 1.807) is 13.8 Å². The highest BCUT2D eigenvalue weighted by Gasteiger charge is 2.30. The molecule has 1 aliphatic rings. The molecule has 3 heteroatoms. The fraction of sp³-hybridized carbons (Fsp3) is 0.714. The first-order valence-electron chi connectivity index (χ1n) is 3.33. The van der Waals surface area contributed by atoms with E-state index in [2.05, 4.69) is 0 Å². The SMILES string of the molecule is CC1OC(=O)CC(=O)C1C. The minimum Gasteiger partial charge on any atom is -0.462 e. The normalized spacial score (nSPS) is 33.8. The molecule has 1 rings (SSSR count). The van der Waals surface area contributed by atoms with Crippen molar-refractivity contribution in [3.63, 3.8) is 0 Å². The minimum atomic E-state index is -0.393. The molecule has 1 fully saturated rings. The van der Waals surface area contributed by atoms with Crippen LogP contribution < -0.4 is 0 Å². The second-order valence-electron chi connectivity index (χ2n) is 2.63. The number of rotatable bonds is 0. The predicted octanol–water partition coefficient (Wildman–Crippen LogP) is 0.527. The maximum Gasteiger partial charge on any atom is 0.313 e. The van der Waals surface area contributed by atoms with Gasteiger partial charge in [-0.25, -0.2) is 0 Å². The van der Waals surface area contributed by atoms with Gasteiger partial charge in [-0.05, 0) is 6.92 Å². The number of ether oxygens (including phenoxy) is 1. The van der Waals surface area contributed by atoms with Crippen molar-refractivity contribution in [2.24, 2.45) is 5.92 Å². The van der Waals surface area contributed by atoms with Gasteiger partial charge in [-0.1, -0.05) is 6.92 Å². The Bertz CT molecular complexity index is 174. The van der Waals surface area contributed by atoms with Crippen LogP contribution in [0.2, 0.25) is 0 Å². The predicted molar refractivity (Wildman–Crippen MR) is 34.3 cm³/mol. The van der Waals surface area contributed by atoms with E-state index in [4.69, 9.17) is 4.74 Å². The molecule has 0 aromatic rings. The fourth-order valence-corrected chi connectivity index (χ4v) is 0.916. The third-order valence-electron chi connectivity index (χ3n) is 1.85. The van der Waals surface area contributed by atoms with Gasteiger partial charge in [0.15, 0.2) is 0 Å². The summed E-state index contributed by atoms with van der Waals surface area (Å²) >= 11 is 0. The van der Waals surface area contributed by atoms with Crippen LogP contribution in [0.15, 0.2) is 0 Å². The van der Waals surface area contributed by atoms with Crippen molar-refractivity contribution in [1.82, 2.24) is 0 Å². The first-order chi connectivity index (χ1) is 4.61. The van der Waals surface area contributed by atoms with Crippen molar-refractivity contribution in [3.8, 4) is 0 Å². The summed E-state index contributed by atoms with van der Waals surface area (Å²) in [5, 5.41) is 0. The van der Waals surface area contributed by atoms with Gasteiger partial charge in [-0.15, -0.1) is 0 Å². The second-order valence-corrected chi connectivity index (χ2v) is 2.63. The smallest absolute Gasteiger partial charge is 0.313 e. The molecule has 2 unspecified atom stereocenters. The maximum atomic E-state index is 10.9. The van der Waals surface area contributed by atoms with Gasteiger partial charge in [0.05, 0.1) is 5.92 Å². The Morgan fingerprint density at radius 3 is 2.50 bits per heavy atom. The van der Waals surface area contributed by atoms with E-state index in [1.807, 2.05) is 0 Å². The Kier molecular flexibility index (Phi) is 1.74. The fourth-order valence-electron chi connectivity index (χ4n) is 0.916. The van der Waals surface area contributed by atoms with Crippen molar-refractivity contribution >= 4 is 11.8 Å². The molecule has 0 aliphatic carbocycles. The molecule has 56 valence electrons. The van der Waals surface area contributed by atoms with Crippen LogP contribution in [0.3, 0.4) is 0 Å². The van der Waals surface area contributed by atoms with Gasteiger partial charge in [0, 0.05) is 0 Å². The average molecular weight is 142 g/mol. The molecule has 10 heavy (non-hydrogen) atoms. The molecule has 3 nitrogen and oxygen atoms in total. The third-order valence-corrected chi connectivity index (χ3v) is 1.85. The van der Waals surface area contributed by atoms with Crippen LogP contribution >= 0.6 is 0 Å². The van der Waals surface area contributed by atoms with Crippen LogP contribution in [-0.4, -0.2) is 17.9 Å². The molecular formula is C7H10O3. The van der Waals surface area contributed by atoms with Gasteiger partial charge >= 0.3 is 5.97 Å². The summed E-state index contributed by atoms with van der Waals surface area (Å²) in [6.07, 6.45) is -0.292. The second kappa shape index (κ2) is 2.40. The first kappa shape index (κ1) is 7.25. The molecule has 0 amide bonds. The van der Waals surface area contributed by atoms with Crippen LogP contribution in [-0.2, 0) is 14.3 Å². The molecule has 0 aromatic carbocycles. The molecule has 1 saturated heterocycles. The monoisotopic (exact) mass is 142 g/mol. The highest BCUT2D eigenvalue weighted by molar-refractivity contribution is 5.98. The Morgan fingerprint density at radius 1 is 1.40 bits per heavy atom.